The molecule has 0 bridgehead atoms. The molecule has 1 aromatic rings. The Bertz CT molecular complexity index is 511. The van der Waals surface area contributed by atoms with Crippen molar-refractivity contribution in [1.29, 1.82) is 0 Å². The van der Waals surface area contributed by atoms with Gasteiger partial charge in [-0.15, -0.1) is 0 Å². The van der Waals surface area contributed by atoms with E-state index in [1.165, 1.54) is 0 Å². The number of halogens is 1. The lowest BCUT2D eigenvalue weighted by molar-refractivity contribution is -0.124. The van der Waals surface area contributed by atoms with Gasteiger partial charge < -0.3 is 10.4 Å². The van der Waals surface area contributed by atoms with E-state index in [1.807, 2.05) is 26.2 Å². The lowest BCUT2D eigenvalue weighted by atomic mass is 9.72. The second-order valence-corrected chi connectivity index (χ2v) is 6.27. The first-order chi connectivity index (χ1) is 9.66. The Labute approximate surface area is 128 Å². The van der Waals surface area contributed by atoms with E-state index in [0.717, 1.165) is 5.56 Å². The number of carbonyl (C=O) groups is 2. The molecular weight excluding hydrogens is 294 g/mol. The van der Waals surface area contributed by atoms with Crippen LogP contribution >= 0.6 is 11.6 Å². The molecule has 0 radical (unpaired) electrons. The molecule has 1 aromatic carbocycles. The summed E-state index contributed by atoms with van der Waals surface area (Å²) >= 11 is 5.88. The third-order valence-electron chi connectivity index (χ3n) is 3.20. The van der Waals surface area contributed by atoms with Crippen molar-refractivity contribution in [3.05, 3.63) is 34.9 Å². The molecule has 0 aliphatic carbocycles. The first kappa shape index (κ1) is 17.3. The lowest BCUT2D eigenvalue weighted by Gasteiger charge is -2.36. The van der Waals surface area contributed by atoms with Crippen molar-refractivity contribution in [3.8, 4) is 0 Å². The second kappa shape index (κ2) is 6.78. The number of carbonyl (C=O) groups excluding carboxylic acids is 1. The summed E-state index contributed by atoms with van der Waals surface area (Å²) in [5.74, 6) is 4.18. The van der Waals surface area contributed by atoms with E-state index in [0.29, 0.717) is 5.02 Å². The van der Waals surface area contributed by atoms with E-state index in [2.05, 4.69) is 5.32 Å². The molecule has 2 atom stereocenters. The summed E-state index contributed by atoms with van der Waals surface area (Å²) in [6.07, 6.45) is -1.29. The highest BCUT2D eigenvalue weighted by Crippen LogP contribution is 2.38. The summed E-state index contributed by atoms with van der Waals surface area (Å²) in [6, 6.07) is 5.95. The lowest BCUT2D eigenvalue weighted by Crippen LogP contribution is -2.54. The van der Waals surface area contributed by atoms with Gasteiger partial charge in [0.15, 0.2) is 0 Å². The van der Waals surface area contributed by atoms with Crippen molar-refractivity contribution in [2.24, 2.45) is 11.3 Å². The number of rotatable bonds is 4. The van der Waals surface area contributed by atoms with Crippen LogP contribution in [0.2, 0.25) is 5.02 Å². The number of amides is 2. The van der Waals surface area contributed by atoms with Gasteiger partial charge in [-0.25, -0.2) is 10.6 Å². The van der Waals surface area contributed by atoms with Crippen LogP contribution in [0.5, 0.6) is 0 Å². The molecule has 0 saturated heterocycles. The molecule has 1 rings (SSSR count). The zero-order valence-corrected chi connectivity index (χ0v) is 12.9. The van der Waals surface area contributed by atoms with Gasteiger partial charge in [0, 0.05) is 10.9 Å². The predicted molar refractivity (Wildman–Crippen MR) is 80.9 cm³/mol. The van der Waals surface area contributed by atoms with Gasteiger partial charge in [-0.3, -0.25) is 10.2 Å². The smallest absolute Gasteiger partial charge is 0.405 e. The summed E-state index contributed by atoms with van der Waals surface area (Å²) < 4.78 is 0. The van der Waals surface area contributed by atoms with Gasteiger partial charge in [-0.2, -0.15) is 0 Å². The van der Waals surface area contributed by atoms with Gasteiger partial charge >= 0.3 is 6.09 Å². The molecule has 0 saturated carbocycles. The highest BCUT2D eigenvalue weighted by atomic mass is 35.5. The number of nitrogens with one attached hydrogen (secondary N) is 2. The van der Waals surface area contributed by atoms with E-state index in [1.54, 1.807) is 24.3 Å². The summed E-state index contributed by atoms with van der Waals surface area (Å²) in [4.78, 5) is 23.0. The number of nitrogens with two attached hydrogens (primary N) is 1. The molecule has 0 aliphatic heterocycles. The van der Waals surface area contributed by atoms with Crippen molar-refractivity contribution in [2.45, 2.75) is 32.7 Å². The molecule has 5 N–H and O–H groups in total. The van der Waals surface area contributed by atoms with Gasteiger partial charge in [-0.1, -0.05) is 44.5 Å². The largest absolute Gasteiger partial charge is 0.465 e. The Morgan fingerprint density at radius 1 is 1.24 bits per heavy atom. The van der Waals surface area contributed by atoms with E-state index in [4.69, 9.17) is 22.6 Å². The standard InChI is InChI=1S/C14H20ClN3O3/c1-14(2,3)10(8-4-6-9(15)7-5-8)11(12(19)18-16)17-13(20)21/h4-7,10-11,17H,16H2,1-3H3,(H,18,19)(H,20,21)/t10-,11?/m1/s1. The Balaban J connectivity index is 3.29. The molecule has 0 spiro atoms. The minimum Gasteiger partial charge on any atom is -0.465 e. The fourth-order valence-corrected chi connectivity index (χ4v) is 2.51. The fraction of sp³-hybridized carbons (Fsp3) is 0.429. The van der Waals surface area contributed by atoms with Crippen molar-refractivity contribution in [2.75, 3.05) is 0 Å². The average Bonchev–Trinajstić information content (AvgIpc) is 2.37. The quantitative estimate of drug-likeness (QED) is 0.388. The van der Waals surface area contributed by atoms with Crippen LogP contribution in [0.25, 0.3) is 0 Å². The molecule has 0 fully saturated rings. The number of hydrogen-bond acceptors (Lipinski definition) is 3. The van der Waals surface area contributed by atoms with Crippen molar-refractivity contribution >= 4 is 23.6 Å². The molecular formula is C14H20ClN3O3. The number of hydrazine groups is 1. The zero-order chi connectivity index (χ0) is 16.2. The zero-order valence-electron chi connectivity index (χ0n) is 12.2. The highest BCUT2D eigenvalue weighted by Gasteiger charge is 2.38. The van der Waals surface area contributed by atoms with Gasteiger partial charge in [0.2, 0.25) is 0 Å². The molecule has 1 unspecified atom stereocenters. The Morgan fingerprint density at radius 3 is 2.14 bits per heavy atom. The van der Waals surface area contributed by atoms with Crippen LogP contribution in [0, 0.1) is 5.41 Å². The predicted octanol–water partition coefficient (Wildman–Crippen LogP) is 2.10. The number of benzene rings is 1. The first-order valence-corrected chi connectivity index (χ1v) is 6.80. The topological polar surface area (TPSA) is 104 Å². The summed E-state index contributed by atoms with van der Waals surface area (Å²) in [5, 5.41) is 11.8. The third-order valence-corrected chi connectivity index (χ3v) is 3.45. The third kappa shape index (κ3) is 4.61. The Kier molecular flexibility index (Phi) is 5.57. The second-order valence-electron chi connectivity index (χ2n) is 5.83. The van der Waals surface area contributed by atoms with Gasteiger partial charge in [-0.05, 0) is 23.1 Å². The molecule has 0 heterocycles. The van der Waals surface area contributed by atoms with Crippen LogP contribution in [0.3, 0.4) is 0 Å². The number of hydrogen-bond donors (Lipinski definition) is 4. The van der Waals surface area contributed by atoms with Crippen LogP contribution < -0.4 is 16.6 Å². The van der Waals surface area contributed by atoms with E-state index < -0.39 is 24.0 Å². The first-order valence-electron chi connectivity index (χ1n) is 6.42. The molecule has 7 heteroatoms. The van der Waals surface area contributed by atoms with E-state index in [-0.39, 0.29) is 5.41 Å². The summed E-state index contributed by atoms with van der Waals surface area (Å²) in [5.41, 5.74) is 2.43. The van der Waals surface area contributed by atoms with Crippen molar-refractivity contribution < 1.29 is 14.7 Å². The Morgan fingerprint density at radius 2 is 1.76 bits per heavy atom. The maximum Gasteiger partial charge on any atom is 0.405 e. The summed E-state index contributed by atoms with van der Waals surface area (Å²) in [7, 11) is 0. The number of carboxylic acid groups (broad SMARTS) is 1. The van der Waals surface area contributed by atoms with Crippen molar-refractivity contribution in [1.82, 2.24) is 10.7 Å². The van der Waals surface area contributed by atoms with E-state index in [9.17, 15) is 9.59 Å². The minimum absolute atomic E-state index is 0.381. The highest BCUT2D eigenvalue weighted by molar-refractivity contribution is 6.30. The maximum absolute atomic E-state index is 12.0. The molecule has 116 valence electrons. The fourth-order valence-electron chi connectivity index (χ4n) is 2.39. The molecule has 0 aliphatic rings. The molecule has 2 amide bonds. The molecule has 21 heavy (non-hydrogen) atoms. The van der Waals surface area contributed by atoms with Gasteiger partial charge in [0.05, 0.1) is 0 Å². The van der Waals surface area contributed by atoms with Crippen molar-refractivity contribution in [3.63, 3.8) is 0 Å². The normalized spacial score (nSPS) is 14.1. The van der Waals surface area contributed by atoms with Gasteiger partial charge in [0.25, 0.3) is 5.91 Å². The average molecular weight is 314 g/mol. The van der Waals surface area contributed by atoms with Gasteiger partial charge in [0.1, 0.15) is 6.04 Å². The van der Waals surface area contributed by atoms with Crippen LogP contribution in [0.15, 0.2) is 24.3 Å². The maximum atomic E-state index is 12.0. The molecule has 6 nitrogen and oxygen atoms in total. The summed E-state index contributed by atoms with van der Waals surface area (Å²) in [6.45, 7) is 5.77. The monoisotopic (exact) mass is 313 g/mol. The van der Waals surface area contributed by atoms with E-state index >= 15 is 0 Å². The van der Waals surface area contributed by atoms with Crippen LogP contribution in [-0.2, 0) is 4.79 Å². The van der Waals surface area contributed by atoms with Crippen LogP contribution in [0.4, 0.5) is 4.79 Å². The SMILES string of the molecule is CC(C)(C)[C@H](c1ccc(Cl)cc1)C(NC(=O)O)C(=O)NN. The minimum atomic E-state index is -1.29. The molecule has 0 aromatic heterocycles. The Hall–Kier alpha value is -1.79. The van der Waals surface area contributed by atoms with Crippen LogP contribution in [-0.4, -0.2) is 23.1 Å². The van der Waals surface area contributed by atoms with Crippen LogP contribution in [0.1, 0.15) is 32.3 Å².